The number of anilines is 1. The van der Waals surface area contributed by atoms with Crippen molar-refractivity contribution >= 4 is 17.0 Å². The van der Waals surface area contributed by atoms with E-state index >= 15 is 0 Å². The fourth-order valence-electron chi connectivity index (χ4n) is 3.13. The van der Waals surface area contributed by atoms with Gasteiger partial charge in [-0.15, -0.1) is 0 Å². The molecule has 1 aromatic heterocycles. The Morgan fingerprint density at radius 2 is 1.48 bits per heavy atom. The molecule has 0 aliphatic carbocycles. The lowest BCUT2D eigenvalue weighted by atomic mass is 10.1. The second-order valence-corrected chi connectivity index (χ2v) is 6.27. The summed E-state index contributed by atoms with van der Waals surface area (Å²) < 4.78 is 2.25. The minimum absolute atomic E-state index is 0.188. The van der Waals surface area contributed by atoms with Crippen molar-refractivity contribution in [1.82, 2.24) is 9.55 Å². The molecule has 1 heterocycles. The number of nitrogens with one attached hydrogen (secondary N) is 1. The van der Waals surface area contributed by atoms with Crippen LogP contribution in [0.4, 0.5) is 5.95 Å². The highest BCUT2D eigenvalue weighted by Gasteiger charge is 2.13. The molecule has 0 spiro atoms. The van der Waals surface area contributed by atoms with Gasteiger partial charge in [-0.05, 0) is 30.2 Å². The van der Waals surface area contributed by atoms with Crippen molar-refractivity contribution in [3.63, 3.8) is 0 Å². The third-order valence-electron chi connectivity index (χ3n) is 4.48. The van der Waals surface area contributed by atoms with E-state index in [1.54, 1.807) is 0 Å². The van der Waals surface area contributed by atoms with E-state index < -0.39 is 0 Å². The molecule has 0 saturated heterocycles. The molecule has 0 saturated carbocycles. The van der Waals surface area contributed by atoms with Gasteiger partial charge in [0.25, 0.3) is 0 Å². The zero-order valence-corrected chi connectivity index (χ0v) is 14.3. The Kier molecular flexibility index (Phi) is 4.21. The zero-order valence-electron chi connectivity index (χ0n) is 14.3. The Bertz CT molecular complexity index is 958. The first-order valence-corrected chi connectivity index (χ1v) is 8.62. The fourth-order valence-corrected chi connectivity index (χ4v) is 3.13. The minimum atomic E-state index is 0.188. The predicted molar refractivity (Wildman–Crippen MR) is 104 cm³/mol. The van der Waals surface area contributed by atoms with Gasteiger partial charge in [0.2, 0.25) is 5.95 Å². The molecule has 25 heavy (non-hydrogen) atoms. The van der Waals surface area contributed by atoms with Crippen LogP contribution in [0.1, 0.15) is 24.1 Å². The summed E-state index contributed by atoms with van der Waals surface area (Å²) in [5.41, 5.74) is 4.68. The van der Waals surface area contributed by atoms with Gasteiger partial charge in [0.1, 0.15) is 0 Å². The molecule has 124 valence electrons. The Morgan fingerprint density at radius 3 is 2.24 bits per heavy atom. The summed E-state index contributed by atoms with van der Waals surface area (Å²) in [6, 6.07) is 29.5. The number of aromatic nitrogens is 2. The molecule has 0 radical (unpaired) electrons. The number of rotatable bonds is 5. The highest BCUT2D eigenvalue weighted by Crippen LogP contribution is 2.24. The second kappa shape index (κ2) is 6.81. The van der Waals surface area contributed by atoms with Crippen LogP contribution in [0.2, 0.25) is 0 Å². The van der Waals surface area contributed by atoms with Gasteiger partial charge in [0.15, 0.2) is 0 Å². The van der Waals surface area contributed by atoms with Crippen LogP contribution in [0.3, 0.4) is 0 Å². The first-order chi connectivity index (χ1) is 12.3. The molecule has 0 amide bonds. The summed E-state index contributed by atoms with van der Waals surface area (Å²) in [4.78, 5) is 4.83. The fraction of sp³-hybridized carbons (Fsp3) is 0.136. The van der Waals surface area contributed by atoms with E-state index in [0.29, 0.717) is 0 Å². The predicted octanol–water partition coefficient (Wildman–Crippen LogP) is 5.26. The van der Waals surface area contributed by atoms with E-state index in [0.717, 1.165) is 23.5 Å². The van der Waals surface area contributed by atoms with Gasteiger partial charge in [0, 0.05) is 0 Å². The van der Waals surface area contributed by atoms with Crippen molar-refractivity contribution in [3.8, 4) is 0 Å². The van der Waals surface area contributed by atoms with Crippen molar-refractivity contribution in [1.29, 1.82) is 0 Å². The number of imidazole rings is 1. The quantitative estimate of drug-likeness (QED) is 0.542. The van der Waals surface area contributed by atoms with Gasteiger partial charge in [-0.1, -0.05) is 72.8 Å². The second-order valence-electron chi connectivity index (χ2n) is 6.27. The van der Waals surface area contributed by atoms with Crippen molar-refractivity contribution < 1.29 is 0 Å². The van der Waals surface area contributed by atoms with Gasteiger partial charge in [-0.25, -0.2) is 4.98 Å². The van der Waals surface area contributed by atoms with Gasteiger partial charge < -0.3 is 9.88 Å². The van der Waals surface area contributed by atoms with Crippen molar-refractivity contribution in [2.24, 2.45) is 0 Å². The topological polar surface area (TPSA) is 29.9 Å². The number of benzene rings is 3. The Morgan fingerprint density at radius 1 is 0.840 bits per heavy atom. The lowest BCUT2D eigenvalue weighted by Gasteiger charge is -2.17. The van der Waals surface area contributed by atoms with E-state index in [-0.39, 0.29) is 6.04 Å². The Balaban J connectivity index is 1.71. The lowest BCUT2D eigenvalue weighted by molar-refractivity contribution is 0.787. The third-order valence-corrected chi connectivity index (χ3v) is 4.48. The van der Waals surface area contributed by atoms with Crippen LogP contribution >= 0.6 is 0 Å². The molecule has 4 rings (SSSR count). The first-order valence-electron chi connectivity index (χ1n) is 8.62. The van der Waals surface area contributed by atoms with Crippen LogP contribution in [0, 0.1) is 0 Å². The molecule has 0 bridgehead atoms. The number of nitrogens with zero attached hydrogens (tertiary/aromatic N) is 2. The standard InChI is InChI=1S/C22H21N3/c1-17(19-12-6-3-7-13-19)23-22-24-20-14-8-9-15-21(20)25(22)16-18-10-4-2-5-11-18/h2-15,17H,16H2,1H3,(H,23,24)/t17-/m0/s1. The van der Waals surface area contributed by atoms with Crippen LogP contribution in [-0.2, 0) is 6.54 Å². The molecular formula is C22H21N3. The number of para-hydroxylation sites is 2. The maximum Gasteiger partial charge on any atom is 0.204 e. The average molecular weight is 327 g/mol. The number of hydrogen-bond acceptors (Lipinski definition) is 2. The van der Waals surface area contributed by atoms with Crippen LogP contribution in [0.25, 0.3) is 11.0 Å². The summed E-state index contributed by atoms with van der Waals surface area (Å²) in [5.74, 6) is 0.904. The van der Waals surface area contributed by atoms with Gasteiger partial charge >= 0.3 is 0 Å². The van der Waals surface area contributed by atoms with Gasteiger partial charge in [-0.2, -0.15) is 0 Å². The molecule has 3 heteroatoms. The maximum atomic E-state index is 4.83. The molecule has 3 nitrogen and oxygen atoms in total. The molecule has 1 atom stereocenters. The molecule has 4 aromatic rings. The first kappa shape index (κ1) is 15.5. The SMILES string of the molecule is C[C@H](Nc1nc2ccccc2n1Cc1ccccc1)c1ccccc1. The molecule has 0 fully saturated rings. The van der Waals surface area contributed by atoms with E-state index in [2.05, 4.69) is 83.5 Å². The molecule has 0 unspecified atom stereocenters. The summed E-state index contributed by atoms with van der Waals surface area (Å²) >= 11 is 0. The van der Waals surface area contributed by atoms with Gasteiger partial charge in [0.05, 0.1) is 23.6 Å². The molecular weight excluding hydrogens is 306 g/mol. The van der Waals surface area contributed by atoms with Crippen molar-refractivity contribution in [2.75, 3.05) is 5.32 Å². The molecule has 3 aromatic carbocycles. The van der Waals surface area contributed by atoms with Crippen LogP contribution in [0.5, 0.6) is 0 Å². The lowest BCUT2D eigenvalue weighted by Crippen LogP contribution is -2.12. The number of fused-ring (bicyclic) bond motifs is 1. The third kappa shape index (κ3) is 3.26. The van der Waals surface area contributed by atoms with Crippen LogP contribution < -0.4 is 5.32 Å². The molecule has 1 N–H and O–H groups in total. The van der Waals surface area contributed by atoms with Crippen LogP contribution in [0.15, 0.2) is 84.9 Å². The van der Waals surface area contributed by atoms with Crippen molar-refractivity contribution in [2.45, 2.75) is 19.5 Å². The summed E-state index contributed by atoms with van der Waals surface area (Å²) in [5, 5.41) is 3.59. The molecule has 0 aliphatic rings. The Labute approximate surface area is 148 Å². The number of hydrogen-bond donors (Lipinski definition) is 1. The maximum absolute atomic E-state index is 4.83. The molecule has 0 aliphatic heterocycles. The zero-order chi connectivity index (χ0) is 17.1. The smallest absolute Gasteiger partial charge is 0.204 e. The van der Waals surface area contributed by atoms with E-state index in [1.165, 1.54) is 11.1 Å². The summed E-state index contributed by atoms with van der Waals surface area (Å²) in [6.07, 6.45) is 0. The Hall–Kier alpha value is -3.07. The van der Waals surface area contributed by atoms with Crippen molar-refractivity contribution in [3.05, 3.63) is 96.1 Å². The minimum Gasteiger partial charge on any atom is -0.349 e. The summed E-state index contributed by atoms with van der Waals surface area (Å²) in [7, 11) is 0. The van der Waals surface area contributed by atoms with Crippen LogP contribution in [-0.4, -0.2) is 9.55 Å². The van der Waals surface area contributed by atoms with E-state index in [9.17, 15) is 0 Å². The highest BCUT2D eigenvalue weighted by atomic mass is 15.2. The normalized spacial score (nSPS) is 12.2. The average Bonchev–Trinajstić information content (AvgIpc) is 3.00. The largest absolute Gasteiger partial charge is 0.349 e. The van der Waals surface area contributed by atoms with Gasteiger partial charge in [-0.3, -0.25) is 0 Å². The highest BCUT2D eigenvalue weighted by molar-refractivity contribution is 5.78. The summed E-state index contributed by atoms with van der Waals surface area (Å²) in [6.45, 7) is 2.97. The van der Waals surface area contributed by atoms with E-state index in [4.69, 9.17) is 4.98 Å². The van der Waals surface area contributed by atoms with E-state index in [1.807, 2.05) is 18.2 Å². The monoisotopic (exact) mass is 327 g/mol.